The van der Waals surface area contributed by atoms with Crippen molar-refractivity contribution in [2.75, 3.05) is 10.0 Å². The molecule has 0 aliphatic heterocycles. The van der Waals surface area contributed by atoms with Gasteiger partial charge in [0, 0.05) is 11.3 Å². The zero-order valence-electron chi connectivity index (χ0n) is 16.0. The molecule has 6 heteroatoms. The molecular formula is C22H22N2O3S. The first-order valence-corrected chi connectivity index (χ1v) is 10.3. The standard InChI is InChI=1S/C22H22N2O3S/c1-15-8-9-17(3)21(14-15)24-28(26,27)19-12-10-18(11-13-19)23-22(25)20-7-5-4-6-16(20)2/h4-14,24H,1-3H3,(H,23,25). The van der Waals surface area contributed by atoms with Crippen molar-refractivity contribution in [2.24, 2.45) is 0 Å². The van der Waals surface area contributed by atoms with E-state index in [9.17, 15) is 13.2 Å². The van der Waals surface area contributed by atoms with Gasteiger partial charge >= 0.3 is 0 Å². The SMILES string of the molecule is Cc1ccc(C)c(NS(=O)(=O)c2ccc(NC(=O)c3ccccc3C)cc2)c1. The summed E-state index contributed by atoms with van der Waals surface area (Å²) < 4.78 is 28.0. The number of carbonyl (C=O) groups excluding carboxylic acids is 1. The predicted molar refractivity (Wildman–Crippen MR) is 112 cm³/mol. The van der Waals surface area contributed by atoms with Crippen LogP contribution in [0.15, 0.2) is 71.6 Å². The van der Waals surface area contributed by atoms with Gasteiger partial charge in [-0.2, -0.15) is 0 Å². The molecule has 2 N–H and O–H groups in total. The number of carbonyl (C=O) groups is 1. The summed E-state index contributed by atoms with van der Waals surface area (Å²) >= 11 is 0. The molecule has 0 saturated heterocycles. The summed E-state index contributed by atoms with van der Waals surface area (Å²) in [5, 5.41) is 2.79. The normalized spacial score (nSPS) is 11.1. The van der Waals surface area contributed by atoms with Crippen LogP contribution in [0.2, 0.25) is 0 Å². The molecule has 0 heterocycles. The summed E-state index contributed by atoms with van der Waals surface area (Å²) in [5.74, 6) is -0.234. The average Bonchev–Trinajstić information content (AvgIpc) is 2.65. The monoisotopic (exact) mass is 394 g/mol. The molecule has 0 bridgehead atoms. The van der Waals surface area contributed by atoms with Gasteiger partial charge < -0.3 is 5.32 Å². The molecule has 28 heavy (non-hydrogen) atoms. The fraction of sp³-hybridized carbons (Fsp3) is 0.136. The molecule has 1 amide bonds. The quantitative estimate of drug-likeness (QED) is 0.661. The van der Waals surface area contributed by atoms with E-state index in [4.69, 9.17) is 0 Å². The van der Waals surface area contributed by atoms with E-state index in [2.05, 4.69) is 10.0 Å². The number of nitrogens with one attached hydrogen (secondary N) is 2. The van der Waals surface area contributed by atoms with Crippen molar-refractivity contribution < 1.29 is 13.2 Å². The Morgan fingerprint density at radius 2 is 1.50 bits per heavy atom. The number of hydrogen-bond acceptors (Lipinski definition) is 3. The zero-order valence-corrected chi connectivity index (χ0v) is 16.8. The molecule has 0 saturated carbocycles. The number of rotatable bonds is 5. The van der Waals surface area contributed by atoms with E-state index in [1.807, 2.05) is 45.0 Å². The first kappa shape index (κ1) is 19.6. The minimum absolute atomic E-state index is 0.127. The number of amides is 1. The highest BCUT2D eigenvalue weighted by Gasteiger charge is 2.16. The van der Waals surface area contributed by atoms with Crippen molar-refractivity contribution in [1.29, 1.82) is 0 Å². The van der Waals surface area contributed by atoms with Crippen LogP contribution in [-0.4, -0.2) is 14.3 Å². The summed E-state index contributed by atoms with van der Waals surface area (Å²) in [7, 11) is -3.72. The molecule has 0 radical (unpaired) electrons. The predicted octanol–water partition coefficient (Wildman–Crippen LogP) is 4.66. The Morgan fingerprint density at radius 1 is 0.821 bits per heavy atom. The van der Waals surface area contributed by atoms with E-state index >= 15 is 0 Å². The number of hydrogen-bond donors (Lipinski definition) is 2. The van der Waals surface area contributed by atoms with Gasteiger partial charge in [0.1, 0.15) is 0 Å². The molecule has 5 nitrogen and oxygen atoms in total. The Bertz CT molecular complexity index is 1120. The first-order valence-electron chi connectivity index (χ1n) is 8.83. The third-order valence-corrected chi connectivity index (χ3v) is 5.83. The molecule has 0 spiro atoms. The van der Waals surface area contributed by atoms with E-state index in [1.165, 1.54) is 12.1 Å². The molecule has 0 fully saturated rings. The van der Waals surface area contributed by atoms with E-state index < -0.39 is 10.0 Å². The van der Waals surface area contributed by atoms with E-state index in [0.29, 0.717) is 16.9 Å². The molecule has 0 aromatic heterocycles. The largest absolute Gasteiger partial charge is 0.322 e. The van der Waals surface area contributed by atoms with Crippen LogP contribution in [0.4, 0.5) is 11.4 Å². The lowest BCUT2D eigenvalue weighted by Gasteiger charge is -2.12. The maximum atomic E-state index is 12.7. The Balaban J connectivity index is 1.77. The summed E-state index contributed by atoms with van der Waals surface area (Å²) in [5.41, 5.74) is 4.34. The molecule has 3 aromatic rings. The summed E-state index contributed by atoms with van der Waals surface area (Å²) in [4.78, 5) is 12.5. The molecule has 3 aromatic carbocycles. The Hall–Kier alpha value is -3.12. The van der Waals surface area contributed by atoms with Gasteiger partial charge in [-0.3, -0.25) is 9.52 Å². The maximum Gasteiger partial charge on any atom is 0.261 e. The van der Waals surface area contributed by atoms with Crippen molar-refractivity contribution in [1.82, 2.24) is 0 Å². The van der Waals surface area contributed by atoms with Gasteiger partial charge in [0.25, 0.3) is 15.9 Å². The molecule has 0 unspecified atom stereocenters. The summed E-state index contributed by atoms with van der Waals surface area (Å²) in [6, 6.07) is 19.0. The van der Waals surface area contributed by atoms with Crippen LogP contribution in [0, 0.1) is 20.8 Å². The van der Waals surface area contributed by atoms with E-state index in [0.717, 1.165) is 16.7 Å². The lowest BCUT2D eigenvalue weighted by molar-refractivity contribution is 0.102. The van der Waals surface area contributed by atoms with Crippen molar-refractivity contribution in [2.45, 2.75) is 25.7 Å². The molecule has 0 aliphatic rings. The molecule has 3 rings (SSSR count). The van der Waals surface area contributed by atoms with Gasteiger partial charge in [-0.25, -0.2) is 8.42 Å². The second kappa shape index (κ2) is 7.86. The van der Waals surface area contributed by atoms with Gasteiger partial charge in [0.15, 0.2) is 0 Å². The second-order valence-corrected chi connectivity index (χ2v) is 8.40. The Labute approximate surface area is 165 Å². The highest BCUT2D eigenvalue weighted by molar-refractivity contribution is 7.92. The van der Waals surface area contributed by atoms with Crippen LogP contribution in [0.25, 0.3) is 0 Å². The van der Waals surface area contributed by atoms with Crippen LogP contribution in [0.5, 0.6) is 0 Å². The van der Waals surface area contributed by atoms with Crippen LogP contribution in [0.3, 0.4) is 0 Å². The van der Waals surface area contributed by atoms with Crippen LogP contribution < -0.4 is 10.0 Å². The van der Waals surface area contributed by atoms with Gasteiger partial charge in [-0.05, 0) is 73.9 Å². The Morgan fingerprint density at radius 3 is 2.18 bits per heavy atom. The van der Waals surface area contributed by atoms with E-state index in [1.54, 1.807) is 30.3 Å². The minimum Gasteiger partial charge on any atom is -0.322 e. The van der Waals surface area contributed by atoms with Gasteiger partial charge in [-0.1, -0.05) is 30.3 Å². The minimum atomic E-state index is -3.72. The molecular weight excluding hydrogens is 372 g/mol. The average molecular weight is 394 g/mol. The van der Waals surface area contributed by atoms with Crippen molar-refractivity contribution in [3.8, 4) is 0 Å². The molecule has 144 valence electrons. The number of aryl methyl sites for hydroxylation is 3. The summed E-state index contributed by atoms with van der Waals surface area (Å²) in [6.45, 7) is 5.62. The van der Waals surface area contributed by atoms with Crippen LogP contribution in [-0.2, 0) is 10.0 Å². The van der Waals surface area contributed by atoms with Gasteiger partial charge in [-0.15, -0.1) is 0 Å². The highest BCUT2D eigenvalue weighted by Crippen LogP contribution is 2.22. The first-order chi connectivity index (χ1) is 13.3. The van der Waals surface area contributed by atoms with Crippen LogP contribution >= 0.6 is 0 Å². The number of benzene rings is 3. The number of anilines is 2. The third kappa shape index (κ3) is 4.40. The number of sulfonamides is 1. The second-order valence-electron chi connectivity index (χ2n) is 6.72. The lowest BCUT2D eigenvalue weighted by atomic mass is 10.1. The Kier molecular flexibility index (Phi) is 5.51. The zero-order chi connectivity index (χ0) is 20.3. The third-order valence-electron chi connectivity index (χ3n) is 4.45. The fourth-order valence-corrected chi connectivity index (χ4v) is 3.91. The van der Waals surface area contributed by atoms with Crippen LogP contribution in [0.1, 0.15) is 27.0 Å². The summed E-state index contributed by atoms with van der Waals surface area (Å²) in [6.07, 6.45) is 0. The highest BCUT2D eigenvalue weighted by atomic mass is 32.2. The topological polar surface area (TPSA) is 75.3 Å². The molecule has 0 atom stereocenters. The van der Waals surface area contributed by atoms with Crippen molar-refractivity contribution >= 4 is 27.3 Å². The van der Waals surface area contributed by atoms with E-state index in [-0.39, 0.29) is 10.8 Å². The maximum absolute atomic E-state index is 12.7. The van der Waals surface area contributed by atoms with Gasteiger partial charge in [0.2, 0.25) is 0 Å². The fourth-order valence-electron chi connectivity index (χ4n) is 2.79. The molecule has 0 aliphatic carbocycles. The smallest absolute Gasteiger partial charge is 0.261 e. The van der Waals surface area contributed by atoms with Gasteiger partial charge in [0.05, 0.1) is 10.6 Å². The van der Waals surface area contributed by atoms with Crippen molar-refractivity contribution in [3.05, 3.63) is 89.0 Å². The van der Waals surface area contributed by atoms with Crippen molar-refractivity contribution in [3.63, 3.8) is 0 Å². The lowest BCUT2D eigenvalue weighted by Crippen LogP contribution is -2.15.